The number of benzene rings is 1. The molecule has 0 amide bonds. The molecule has 2 aromatic rings. The fourth-order valence-corrected chi connectivity index (χ4v) is 2.47. The topological polar surface area (TPSA) is 53.6 Å². The molecule has 94 valence electrons. The summed E-state index contributed by atoms with van der Waals surface area (Å²) in [6.07, 6.45) is 3.55. The van der Waals surface area contributed by atoms with Gasteiger partial charge in [0.1, 0.15) is 5.82 Å². The van der Waals surface area contributed by atoms with Crippen LogP contribution in [-0.4, -0.2) is 28.3 Å². The molecule has 1 unspecified atom stereocenters. The Kier molecular flexibility index (Phi) is 3.37. The molecule has 1 aliphatic rings. The van der Waals surface area contributed by atoms with Gasteiger partial charge in [-0.3, -0.25) is 5.10 Å². The molecule has 0 bridgehead atoms. The Labute approximate surface area is 107 Å². The normalized spacial score (nSPS) is 19.9. The Morgan fingerprint density at radius 1 is 1.22 bits per heavy atom. The SMILES string of the molecule is c1ccc(-c2n[nH]c(CC3CCCNC3)n2)cc1. The van der Waals surface area contributed by atoms with Gasteiger partial charge in [-0.15, -0.1) is 0 Å². The van der Waals surface area contributed by atoms with Crippen molar-refractivity contribution in [2.24, 2.45) is 5.92 Å². The number of hydrogen-bond acceptors (Lipinski definition) is 3. The maximum absolute atomic E-state index is 4.58. The summed E-state index contributed by atoms with van der Waals surface area (Å²) < 4.78 is 0. The molecule has 1 aromatic heterocycles. The molecular weight excluding hydrogens is 224 g/mol. The molecule has 1 atom stereocenters. The molecule has 0 radical (unpaired) electrons. The van der Waals surface area contributed by atoms with Gasteiger partial charge in [0.25, 0.3) is 0 Å². The van der Waals surface area contributed by atoms with Gasteiger partial charge in [0.2, 0.25) is 0 Å². The first kappa shape index (κ1) is 11.4. The van der Waals surface area contributed by atoms with Crippen molar-refractivity contribution in [2.75, 3.05) is 13.1 Å². The van der Waals surface area contributed by atoms with Crippen LogP contribution in [0.5, 0.6) is 0 Å². The van der Waals surface area contributed by atoms with Crippen LogP contribution in [0.25, 0.3) is 11.4 Å². The maximum atomic E-state index is 4.58. The quantitative estimate of drug-likeness (QED) is 0.865. The van der Waals surface area contributed by atoms with Crippen LogP contribution in [0.4, 0.5) is 0 Å². The summed E-state index contributed by atoms with van der Waals surface area (Å²) in [5, 5.41) is 10.8. The van der Waals surface area contributed by atoms with E-state index < -0.39 is 0 Å². The zero-order chi connectivity index (χ0) is 12.2. The van der Waals surface area contributed by atoms with Crippen LogP contribution in [0, 0.1) is 5.92 Å². The summed E-state index contributed by atoms with van der Waals surface area (Å²) in [7, 11) is 0. The lowest BCUT2D eigenvalue weighted by Crippen LogP contribution is -2.31. The van der Waals surface area contributed by atoms with E-state index in [9.17, 15) is 0 Å². The van der Waals surface area contributed by atoms with E-state index in [0.717, 1.165) is 36.7 Å². The molecule has 2 heterocycles. The minimum absolute atomic E-state index is 0.690. The van der Waals surface area contributed by atoms with Crippen LogP contribution >= 0.6 is 0 Å². The predicted molar refractivity (Wildman–Crippen MR) is 71.1 cm³/mol. The van der Waals surface area contributed by atoms with Gasteiger partial charge in [-0.05, 0) is 31.8 Å². The van der Waals surface area contributed by atoms with Crippen LogP contribution in [0.2, 0.25) is 0 Å². The first-order valence-corrected chi connectivity index (χ1v) is 6.59. The second-order valence-corrected chi connectivity index (χ2v) is 4.89. The van der Waals surface area contributed by atoms with Crippen molar-refractivity contribution in [3.05, 3.63) is 36.2 Å². The van der Waals surface area contributed by atoms with Crippen LogP contribution in [-0.2, 0) is 6.42 Å². The molecule has 0 saturated carbocycles. The number of nitrogens with zero attached hydrogens (tertiary/aromatic N) is 2. The highest BCUT2D eigenvalue weighted by atomic mass is 15.2. The summed E-state index contributed by atoms with van der Waals surface area (Å²) in [6.45, 7) is 2.25. The molecule has 3 rings (SSSR count). The fourth-order valence-electron chi connectivity index (χ4n) is 2.47. The van der Waals surface area contributed by atoms with E-state index in [4.69, 9.17) is 0 Å². The van der Waals surface area contributed by atoms with Gasteiger partial charge in [0.05, 0.1) is 0 Å². The summed E-state index contributed by atoms with van der Waals surface area (Å²) in [6, 6.07) is 10.1. The minimum atomic E-state index is 0.690. The molecule has 4 nitrogen and oxygen atoms in total. The van der Waals surface area contributed by atoms with Crippen molar-refractivity contribution < 1.29 is 0 Å². The Bertz CT molecular complexity index is 486. The van der Waals surface area contributed by atoms with Gasteiger partial charge >= 0.3 is 0 Å². The molecule has 0 spiro atoms. The van der Waals surface area contributed by atoms with E-state index in [2.05, 4.69) is 20.5 Å². The van der Waals surface area contributed by atoms with Crippen molar-refractivity contribution in [3.63, 3.8) is 0 Å². The summed E-state index contributed by atoms with van der Waals surface area (Å²) in [4.78, 5) is 4.58. The van der Waals surface area contributed by atoms with E-state index in [1.807, 2.05) is 30.3 Å². The minimum Gasteiger partial charge on any atom is -0.316 e. The highest BCUT2D eigenvalue weighted by Gasteiger charge is 2.15. The number of nitrogens with one attached hydrogen (secondary N) is 2. The van der Waals surface area contributed by atoms with Crippen molar-refractivity contribution in [1.29, 1.82) is 0 Å². The molecule has 2 N–H and O–H groups in total. The number of aromatic amines is 1. The Balaban J connectivity index is 1.69. The molecule has 1 saturated heterocycles. The number of aromatic nitrogens is 3. The zero-order valence-electron chi connectivity index (χ0n) is 10.4. The lowest BCUT2D eigenvalue weighted by atomic mass is 9.96. The van der Waals surface area contributed by atoms with Crippen molar-refractivity contribution in [3.8, 4) is 11.4 Å². The smallest absolute Gasteiger partial charge is 0.181 e. The molecule has 1 fully saturated rings. The van der Waals surface area contributed by atoms with Crippen LogP contribution in [0.15, 0.2) is 30.3 Å². The second-order valence-electron chi connectivity index (χ2n) is 4.89. The Morgan fingerprint density at radius 2 is 2.11 bits per heavy atom. The predicted octanol–water partition coefficient (Wildman–Crippen LogP) is 2.01. The maximum Gasteiger partial charge on any atom is 0.181 e. The van der Waals surface area contributed by atoms with E-state index in [-0.39, 0.29) is 0 Å². The summed E-state index contributed by atoms with van der Waals surface area (Å²) >= 11 is 0. The lowest BCUT2D eigenvalue weighted by molar-refractivity contribution is 0.371. The third-order valence-electron chi connectivity index (χ3n) is 3.44. The second kappa shape index (κ2) is 5.31. The van der Waals surface area contributed by atoms with Crippen LogP contribution in [0.3, 0.4) is 0 Å². The Morgan fingerprint density at radius 3 is 2.89 bits per heavy atom. The van der Waals surface area contributed by atoms with E-state index in [1.165, 1.54) is 12.8 Å². The highest BCUT2D eigenvalue weighted by molar-refractivity contribution is 5.53. The number of hydrogen-bond donors (Lipinski definition) is 2. The van der Waals surface area contributed by atoms with Crippen molar-refractivity contribution in [2.45, 2.75) is 19.3 Å². The first-order chi connectivity index (χ1) is 8.92. The standard InChI is InChI=1S/C14H18N4/c1-2-6-12(7-3-1)14-16-13(17-18-14)9-11-5-4-8-15-10-11/h1-3,6-7,11,15H,4-5,8-10H2,(H,16,17,18). The van der Waals surface area contributed by atoms with E-state index in [0.29, 0.717) is 5.92 Å². The largest absolute Gasteiger partial charge is 0.316 e. The fraction of sp³-hybridized carbons (Fsp3) is 0.429. The van der Waals surface area contributed by atoms with Crippen LogP contribution < -0.4 is 5.32 Å². The zero-order valence-corrected chi connectivity index (χ0v) is 10.4. The highest BCUT2D eigenvalue weighted by Crippen LogP contribution is 2.17. The molecule has 18 heavy (non-hydrogen) atoms. The van der Waals surface area contributed by atoms with Crippen LogP contribution in [0.1, 0.15) is 18.7 Å². The van der Waals surface area contributed by atoms with Gasteiger partial charge in [0, 0.05) is 12.0 Å². The van der Waals surface area contributed by atoms with E-state index in [1.54, 1.807) is 0 Å². The molecule has 4 heteroatoms. The summed E-state index contributed by atoms with van der Waals surface area (Å²) in [5.74, 6) is 2.49. The molecule has 0 aliphatic carbocycles. The van der Waals surface area contributed by atoms with Gasteiger partial charge < -0.3 is 5.32 Å². The first-order valence-electron chi connectivity index (χ1n) is 6.59. The number of rotatable bonds is 3. The van der Waals surface area contributed by atoms with Crippen molar-refractivity contribution in [1.82, 2.24) is 20.5 Å². The van der Waals surface area contributed by atoms with Gasteiger partial charge in [-0.2, -0.15) is 5.10 Å². The van der Waals surface area contributed by atoms with Gasteiger partial charge in [0.15, 0.2) is 5.82 Å². The van der Waals surface area contributed by atoms with Crippen molar-refractivity contribution >= 4 is 0 Å². The monoisotopic (exact) mass is 242 g/mol. The lowest BCUT2D eigenvalue weighted by Gasteiger charge is -2.21. The molecule has 1 aromatic carbocycles. The number of H-pyrrole nitrogens is 1. The summed E-state index contributed by atoms with van der Waals surface area (Å²) in [5.41, 5.74) is 1.07. The molecule has 1 aliphatic heterocycles. The third kappa shape index (κ3) is 2.59. The average Bonchev–Trinajstić information content (AvgIpc) is 2.89. The van der Waals surface area contributed by atoms with Gasteiger partial charge in [-0.25, -0.2) is 4.98 Å². The third-order valence-corrected chi connectivity index (χ3v) is 3.44. The average molecular weight is 242 g/mol. The van der Waals surface area contributed by atoms with Gasteiger partial charge in [-0.1, -0.05) is 30.3 Å². The van der Waals surface area contributed by atoms with E-state index >= 15 is 0 Å². The number of piperidine rings is 1. The Hall–Kier alpha value is -1.68. The molecular formula is C14H18N4.